The molecule has 5 nitrogen and oxygen atoms in total. The average molecular weight is 314 g/mol. The first-order valence-electron chi connectivity index (χ1n) is 8.06. The highest BCUT2D eigenvalue weighted by molar-refractivity contribution is 5.84. The number of aryl methyl sites for hydroxylation is 1. The van der Waals surface area contributed by atoms with Crippen molar-refractivity contribution in [3.05, 3.63) is 36.0 Å². The Labute approximate surface area is 135 Å². The first-order valence-corrected chi connectivity index (χ1v) is 8.06. The molecule has 1 unspecified atom stereocenters. The lowest BCUT2D eigenvalue weighted by Gasteiger charge is -2.37. The number of H-pyrrole nitrogens is 1. The number of aliphatic carboxylic acids is 1. The van der Waals surface area contributed by atoms with Gasteiger partial charge in [0.15, 0.2) is 0 Å². The number of carbonyl (C=O) groups is 2. The van der Waals surface area contributed by atoms with Crippen molar-refractivity contribution >= 4 is 22.8 Å². The number of piperidine rings is 1. The lowest BCUT2D eigenvalue weighted by Crippen LogP contribution is -2.48. The molecule has 23 heavy (non-hydrogen) atoms. The highest BCUT2D eigenvalue weighted by Crippen LogP contribution is 2.30. The summed E-state index contributed by atoms with van der Waals surface area (Å²) in [6.45, 7) is 2.71. The van der Waals surface area contributed by atoms with Crippen molar-refractivity contribution in [2.75, 3.05) is 13.1 Å². The third-order valence-electron chi connectivity index (χ3n) is 4.85. The number of hydrogen-bond donors (Lipinski definition) is 2. The van der Waals surface area contributed by atoms with E-state index in [1.165, 1.54) is 0 Å². The second-order valence-electron chi connectivity index (χ2n) is 6.64. The SMILES string of the molecule is CC1(C(=O)O)CCCN(C(=O)CCc2c[nH]c3ccccc23)C1. The van der Waals surface area contributed by atoms with Crippen molar-refractivity contribution in [3.8, 4) is 0 Å². The smallest absolute Gasteiger partial charge is 0.311 e. The molecule has 1 atom stereocenters. The number of carboxylic acids is 1. The summed E-state index contributed by atoms with van der Waals surface area (Å²) in [4.78, 5) is 28.8. The molecule has 122 valence electrons. The molecule has 5 heteroatoms. The third kappa shape index (κ3) is 3.09. The molecule has 1 aromatic carbocycles. The number of carboxylic acid groups (broad SMARTS) is 1. The maximum Gasteiger partial charge on any atom is 0.311 e. The summed E-state index contributed by atoms with van der Waals surface area (Å²) >= 11 is 0. The topological polar surface area (TPSA) is 73.4 Å². The van der Waals surface area contributed by atoms with E-state index in [-0.39, 0.29) is 5.91 Å². The number of nitrogens with one attached hydrogen (secondary N) is 1. The number of aromatic amines is 1. The fourth-order valence-corrected chi connectivity index (χ4v) is 3.37. The predicted molar refractivity (Wildman–Crippen MR) is 88.2 cm³/mol. The number of amides is 1. The minimum atomic E-state index is -0.813. The van der Waals surface area contributed by atoms with Crippen molar-refractivity contribution in [1.29, 1.82) is 0 Å². The van der Waals surface area contributed by atoms with Crippen molar-refractivity contribution in [2.24, 2.45) is 5.41 Å². The van der Waals surface area contributed by atoms with Crippen LogP contribution < -0.4 is 0 Å². The fraction of sp³-hybridized carbons (Fsp3) is 0.444. The van der Waals surface area contributed by atoms with Gasteiger partial charge in [-0.15, -0.1) is 0 Å². The molecule has 0 aliphatic carbocycles. The minimum Gasteiger partial charge on any atom is -0.481 e. The highest BCUT2D eigenvalue weighted by atomic mass is 16.4. The van der Waals surface area contributed by atoms with E-state index in [1.54, 1.807) is 11.8 Å². The Balaban J connectivity index is 1.64. The van der Waals surface area contributed by atoms with E-state index < -0.39 is 11.4 Å². The second-order valence-corrected chi connectivity index (χ2v) is 6.64. The lowest BCUT2D eigenvalue weighted by molar-refractivity contribution is -0.153. The summed E-state index contributed by atoms with van der Waals surface area (Å²) in [6, 6.07) is 8.04. The molecule has 2 heterocycles. The predicted octanol–water partition coefficient (Wildman–Crippen LogP) is 2.81. The maximum absolute atomic E-state index is 12.5. The van der Waals surface area contributed by atoms with Gasteiger partial charge in [-0.05, 0) is 37.8 Å². The maximum atomic E-state index is 12.5. The van der Waals surface area contributed by atoms with Gasteiger partial charge in [0.25, 0.3) is 0 Å². The van der Waals surface area contributed by atoms with Gasteiger partial charge < -0.3 is 15.0 Å². The van der Waals surface area contributed by atoms with Crippen molar-refractivity contribution < 1.29 is 14.7 Å². The van der Waals surface area contributed by atoms with Gasteiger partial charge in [-0.1, -0.05) is 18.2 Å². The molecule has 1 aromatic heterocycles. The molecule has 2 aromatic rings. The number of para-hydroxylation sites is 1. The Morgan fingerprint density at radius 3 is 2.91 bits per heavy atom. The van der Waals surface area contributed by atoms with E-state index in [0.29, 0.717) is 32.4 Å². The third-order valence-corrected chi connectivity index (χ3v) is 4.85. The highest BCUT2D eigenvalue weighted by Gasteiger charge is 2.39. The van der Waals surface area contributed by atoms with Gasteiger partial charge in [-0.3, -0.25) is 9.59 Å². The zero-order chi connectivity index (χ0) is 16.4. The van der Waals surface area contributed by atoms with Crippen LogP contribution in [0, 0.1) is 5.41 Å². The van der Waals surface area contributed by atoms with Crippen LogP contribution in [-0.4, -0.2) is 40.0 Å². The molecule has 1 saturated heterocycles. The van der Waals surface area contributed by atoms with Crippen LogP contribution in [0.3, 0.4) is 0 Å². The van der Waals surface area contributed by atoms with Crippen molar-refractivity contribution in [3.63, 3.8) is 0 Å². The van der Waals surface area contributed by atoms with Crippen LogP contribution in [0.15, 0.2) is 30.5 Å². The zero-order valence-electron chi connectivity index (χ0n) is 13.3. The van der Waals surface area contributed by atoms with E-state index in [9.17, 15) is 14.7 Å². The molecule has 1 aliphatic heterocycles. The summed E-state index contributed by atoms with van der Waals surface area (Å²) in [5.74, 6) is -0.769. The van der Waals surface area contributed by atoms with Crippen LogP contribution in [0.4, 0.5) is 0 Å². The Bertz CT molecular complexity index is 737. The standard InChI is InChI=1S/C18H22N2O3/c1-18(17(22)23)9-4-10-20(12-18)16(21)8-7-13-11-19-15-6-3-2-5-14(13)15/h2-3,5-6,11,19H,4,7-10,12H2,1H3,(H,22,23). The number of fused-ring (bicyclic) bond motifs is 1. The second kappa shape index (κ2) is 6.07. The molecule has 0 radical (unpaired) electrons. The summed E-state index contributed by atoms with van der Waals surface area (Å²) in [7, 11) is 0. The number of rotatable bonds is 4. The van der Waals surface area contributed by atoms with Crippen molar-refractivity contribution in [2.45, 2.75) is 32.6 Å². The number of nitrogens with zero attached hydrogens (tertiary/aromatic N) is 1. The van der Waals surface area contributed by atoms with Crippen LogP contribution in [-0.2, 0) is 16.0 Å². The lowest BCUT2D eigenvalue weighted by atomic mass is 9.82. The molecule has 0 saturated carbocycles. The van der Waals surface area contributed by atoms with Crippen molar-refractivity contribution in [1.82, 2.24) is 9.88 Å². The summed E-state index contributed by atoms with van der Waals surface area (Å²) in [5, 5.41) is 10.5. The number of benzene rings is 1. The Morgan fingerprint density at radius 1 is 1.35 bits per heavy atom. The quantitative estimate of drug-likeness (QED) is 0.911. The molecule has 1 amide bonds. The number of aromatic nitrogens is 1. The Morgan fingerprint density at radius 2 is 2.13 bits per heavy atom. The van der Waals surface area contributed by atoms with Gasteiger partial charge in [-0.25, -0.2) is 0 Å². The summed E-state index contributed by atoms with van der Waals surface area (Å²) in [5.41, 5.74) is 1.40. The van der Waals surface area contributed by atoms with E-state index in [1.807, 2.05) is 30.5 Å². The molecule has 1 fully saturated rings. The summed E-state index contributed by atoms with van der Waals surface area (Å²) in [6.07, 6.45) is 4.42. The molecule has 2 N–H and O–H groups in total. The molecule has 0 bridgehead atoms. The Kier molecular flexibility index (Phi) is 4.11. The van der Waals surface area contributed by atoms with E-state index >= 15 is 0 Å². The van der Waals surface area contributed by atoms with E-state index in [0.717, 1.165) is 22.9 Å². The number of carbonyl (C=O) groups excluding carboxylic acids is 1. The first-order chi connectivity index (χ1) is 11.0. The van der Waals surface area contributed by atoms with Gasteiger partial charge in [0.1, 0.15) is 0 Å². The average Bonchev–Trinajstić information content (AvgIpc) is 2.96. The van der Waals surface area contributed by atoms with E-state index in [4.69, 9.17) is 0 Å². The van der Waals surface area contributed by atoms with Crippen LogP contribution in [0.1, 0.15) is 31.7 Å². The molecule has 1 aliphatic rings. The molecule has 0 spiro atoms. The van der Waals surface area contributed by atoms with Crippen LogP contribution >= 0.6 is 0 Å². The van der Waals surface area contributed by atoms with Gasteiger partial charge in [0, 0.05) is 36.6 Å². The van der Waals surface area contributed by atoms with Crippen LogP contribution in [0.5, 0.6) is 0 Å². The number of hydrogen-bond acceptors (Lipinski definition) is 2. The molecule has 3 rings (SSSR count). The first kappa shape index (κ1) is 15.6. The minimum absolute atomic E-state index is 0.0439. The number of likely N-dealkylation sites (tertiary alicyclic amines) is 1. The van der Waals surface area contributed by atoms with Gasteiger partial charge >= 0.3 is 5.97 Å². The van der Waals surface area contributed by atoms with Gasteiger partial charge in [0.05, 0.1) is 5.41 Å². The largest absolute Gasteiger partial charge is 0.481 e. The Hall–Kier alpha value is -2.30. The zero-order valence-corrected chi connectivity index (χ0v) is 13.3. The van der Waals surface area contributed by atoms with Crippen LogP contribution in [0.25, 0.3) is 10.9 Å². The monoisotopic (exact) mass is 314 g/mol. The van der Waals surface area contributed by atoms with Crippen LogP contribution in [0.2, 0.25) is 0 Å². The van der Waals surface area contributed by atoms with E-state index in [2.05, 4.69) is 4.98 Å². The molecular weight excluding hydrogens is 292 g/mol. The fourth-order valence-electron chi connectivity index (χ4n) is 3.37. The molecular formula is C18H22N2O3. The normalized spacial score (nSPS) is 21.5. The van der Waals surface area contributed by atoms with Gasteiger partial charge in [-0.2, -0.15) is 0 Å². The summed E-state index contributed by atoms with van der Waals surface area (Å²) < 4.78 is 0. The van der Waals surface area contributed by atoms with Gasteiger partial charge in [0.2, 0.25) is 5.91 Å².